The van der Waals surface area contributed by atoms with Crippen LogP contribution in [-0.2, 0) is 9.84 Å². The smallest absolute Gasteiger partial charge is 0.322 e. The van der Waals surface area contributed by atoms with Crippen LogP contribution in [0.3, 0.4) is 0 Å². The van der Waals surface area contributed by atoms with Crippen molar-refractivity contribution in [1.82, 2.24) is 10.2 Å². The first-order valence-corrected chi connectivity index (χ1v) is 11.0. The summed E-state index contributed by atoms with van der Waals surface area (Å²) in [6.45, 7) is 0. The number of benzene rings is 2. The fraction of sp³-hybridized carbons (Fsp3) is 0.0556. The summed E-state index contributed by atoms with van der Waals surface area (Å²) >= 11 is 7.57. The molecule has 0 bridgehead atoms. The van der Waals surface area contributed by atoms with Gasteiger partial charge in [0, 0.05) is 21.9 Å². The molecule has 0 fully saturated rings. The summed E-state index contributed by atoms with van der Waals surface area (Å²) in [4.78, 5) is 13.1. The highest BCUT2D eigenvalue weighted by molar-refractivity contribution is 7.90. The van der Waals surface area contributed by atoms with E-state index in [-0.39, 0.29) is 16.8 Å². The van der Waals surface area contributed by atoms with Crippen molar-refractivity contribution in [2.24, 2.45) is 0 Å². The monoisotopic (exact) mass is 433 g/mol. The Morgan fingerprint density at radius 1 is 1.11 bits per heavy atom. The Morgan fingerprint density at radius 2 is 1.82 bits per heavy atom. The van der Waals surface area contributed by atoms with Gasteiger partial charge in [0.25, 0.3) is 5.91 Å². The lowest BCUT2D eigenvalue weighted by molar-refractivity contribution is 0.102. The minimum atomic E-state index is -3.29. The van der Waals surface area contributed by atoms with E-state index in [9.17, 15) is 13.2 Å². The van der Waals surface area contributed by atoms with Crippen LogP contribution in [0.15, 0.2) is 57.8 Å². The van der Waals surface area contributed by atoms with Gasteiger partial charge in [-0.3, -0.25) is 10.1 Å². The molecule has 10 heteroatoms. The standard InChI is InChI=1S/C18H12ClN3O4S2/c1-28(24,25)11-8-6-10(7-9-11)17-21-22-18(26-17)20-16(23)15-14(19)12-4-2-3-5-13(12)27-15/h2-9H,1H3,(H,20,22,23). The summed E-state index contributed by atoms with van der Waals surface area (Å²) in [6.07, 6.45) is 1.13. The molecule has 28 heavy (non-hydrogen) atoms. The molecule has 0 aliphatic carbocycles. The Bertz CT molecular complexity index is 1290. The maximum atomic E-state index is 12.5. The minimum absolute atomic E-state index is 0.0827. The number of amides is 1. The number of sulfone groups is 1. The summed E-state index contributed by atoms with van der Waals surface area (Å²) in [5.41, 5.74) is 0.528. The molecular weight excluding hydrogens is 422 g/mol. The minimum Gasteiger partial charge on any atom is -0.403 e. The second-order valence-electron chi connectivity index (χ2n) is 5.90. The van der Waals surface area contributed by atoms with Crippen LogP contribution in [0.2, 0.25) is 5.02 Å². The van der Waals surface area contributed by atoms with Gasteiger partial charge in [0.15, 0.2) is 9.84 Å². The van der Waals surface area contributed by atoms with Gasteiger partial charge in [0.2, 0.25) is 5.89 Å². The summed E-state index contributed by atoms with van der Waals surface area (Å²) in [7, 11) is -3.29. The Balaban J connectivity index is 1.56. The molecule has 0 saturated heterocycles. The maximum Gasteiger partial charge on any atom is 0.322 e. The summed E-state index contributed by atoms with van der Waals surface area (Å²) < 4.78 is 29.4. The Hall–Kier alpha value is -2.75. The van der Waals surface area contributed by atoms with Crippen molar-refractivity contribution in [3.8, 4) is 11.5 Å². The fourth-order valence-corrected chi connectivity index (χ4v) is 4.59. The lowest BCUT2D eigenvalue weighted by Gasteiger charge is -1.99. The third kappa shape index (κ3) is 3.51. The van der Waals surface area contributed by atoms with Crippen molar-refractivity contribution in [1.29, 1.82) is 0 Å². The van der Waals surface area contributed by atoms with E-state index in [0.717, 1.165) is 16.3 Å². The van der Waals surface area contributed by atoms with Crippen LogP contribution < -0.4 is 5.32 Å². The van der Waals surface area contributed by atoms with E-state index in [2.05, 4.69) is 15.5 Å². The van der Waals surface area contributed by atoms with Crippen LogP contribution in [0.1, 0.15) is 9.67 Å². The number of thiophene rings is 1. The molecule has 0 unspecified atom stereocenters. The quantitative estimate of drug-likeness (QED) is 0.515. The van der Waals surface area contributed by atoms with Crippen LogP contribution >= 0.6 is 22.9 Å². The zero-order chi connectivity index (χ0) is 19.9. The third-order valence-corrected chi connectivity index (χ3v) is 6.72. The SMILES string of the molecule is CS(=O)(=O)c1ccc(-c2nnc(NC(=O)c3sc4ccccc4c3Cl)o2)cc1. The normalized spacial score (nSPS) is 11.6. The summed E-state index contributed by atoms with van der Waals surface area (Å²) in [5.74, 6) is -0.299. The second-order valence-corrected chi connectivity index (χ2v) is 9.35. The average molecular weight is 434 g/mol. The van der Waals surface area contributed by atoms with Crippen LogP contribution in [0.25, 0.3) is 21.5 Å². The number of hydrogen-bond acceptors (Lipinski definition) is 7. The van der Waals surface area contributed by atoms with E-state index in [1.54, 1.807) is 12.1 Å². The number of anilines is 1. The number of rotatable bonds is 4. The largest absolute Gasteiger partial charge is 0.403 e. The molecule has 7 nitrogen and oxygen atoms in total. The number of fused-ring (bicyclic) bond motifs is 1. The highest BCUT2D eigenvalue weighted by atomic mass is 35.5. The van der Waals surface area contributed by atoms with Crippen LogP contribution in [-0.4, -0.2) is 30.8 Å². The predicted octanol–water partition coefficient (Wildman–Crippen LogP) is 4.26. The van der Waals surface area contributed by atoms with Gasteiger partial charge in [-0.25, -0.2) is 8.42 Å². The van der Waals surface area contributed by atoms with Gasteiger partial charge >= 0.3 is 6.01 Å². The van der Waals surface area contributed by atoms with Crippen LogP contribution in [0, 0.1) is 0 Å². The molecule has 0 saturated carbocycles. The molecule has 4 aromatic rings. The Labute approximate surface area is 168 Å². The molecular formula is C18H12ClN3O4S2. The van der Waals surface area contributed by atoms with Crippen molar-refractivity contribution < 1.29 is 17.6 Å². The number of nitrogens with zero attached hydrogens (tertiary/aromatic N) is 2. The van der Waals surface area contributed by atoms with Gasteiger partial charge < -0.3 is 4.42 Å². The number of nitrogens with one attached hydrogen (secondary N) is 1. The van der Waals surface area contributed by atoms with Crippen molar-refractivity contribution in [3.63, 3.8) is 0 Å². The first kappa shape index (κ1) is 18.6. The van der Waals surface area contributed by atoms with E-state index >= 15 is 0 Å². The van der Waals surface area contributed by atoms with E-state index in [1.807, 2.05) is 24.3 Å². The van der Waals surface area contributed by atoms with Crippen molar-refractivity contribution in [3.05, 3.63) is 58.4 Å². The topological polar surface area (TPSA) is 102 Å². The zero-order valence-electron chi connectivity index (χ0n) is 14.3. The van der Waals surface area contributed by atoms with Gasteiger partial charge in [-0.15, -0.1) is 16.4 Å². The molecule has 4 rings (SSSR count). The molecule has 1 amide bonds. The fourth-order valence-electron chi connectivity index (χ4n) is 2.55. The molecule has 1 N–H and O–H groups in total. The van der Waals surface area contributed by atoms with Gasteiger partial charge in [-0.1, -0.05) is 34.9 Å². The Kier molecular flexibility index (Phi) is 4.66. The summed E-state index contributed by atoms with van der Waals surface area (Å²) in [6, 6.07) is 13.4. The molecule has 2 aromatic heterocycles. The van der Waals surface area contributed by atoms with Gasteiger partial charge in [0.1, 0.15) is 4.88 Å². The number of hydrogen-bond donors (Lipinski definition) is 1. The van der Waals surface area contributed by atoms with Crippen molar-refractivity contribution in [2.45, 2.75) is 4.90 Å². The maximum absolute atomic E-state index is 12.5. The number of carbonyl (C=O) groups is 1. The summed E-state index contributed by atoms with van der Waals surface area (Å²) in [5, 5.41) is 11.4. The lowest BCUT2D eigenvalue weighted by atomic mass is 10.2. The molecule has 0 aliphatic rings. The number of halogens is 1. The predicted molar refractivity (Wildman–Crippen MR) is 108 cm³/mol. The van der Waals surface area contributed by atoms with Crippen LogP contribution in [0.5, 0.6) is 0 Å². The third-order valence-electron chi connectivity index (χ3n) is 3.92. The first-order valence-electron chi connectivity index (χ1n) is 7.95. The zero-order valence-corrected chi connectivity index (χ0v) is 16.7. The lowest BCUT2D eigenvalue weighted by Crippen LogP contribution is -2.10. The number of aromatic nitrogens is 2. The molecule has 0 spiro atoms. The first-order chi connectivity index (χ1) is 13.3. The molecule has 142 valence electrons. The molecule has 0 aliphatic heterocycles. The number of carbonyl (C=O) groups excluding carboxylic acids is 1. The van der Waals surface area contributed by atoms with Crippen LogP contribution in [0.4, 0.5) is 6.01 Å². The van der Waals surface area contributed by atoms with E-state index in [0.29, 0.717) is 15.5 Å². The van der Waals surface area contributed by atoms with Gasteiger partial charge in [-0.05, 0) is 30.3 Å². The van der Waals surface area contributed by atoms with Crippen molar-refractivity contribution in [2.75, 3.05) is 11.6 Å². The second kappa shape index (κ2) is 7.01. The molecule has 2 heterocycles. The van der Waals surface area contributed by atoms with Gasteiger partial charge in [-0.2, -0.15) is 0 Å². The van der Waals surface area contributed by atoms with E-state index in [1.165, 1.54) is 23.5 Å². The molecule has 0 radical (unpaired) electrons. The van der Waals surface area contributed by atoms with Gasteiger partial charge in [0.05, 0.1) is 9.92 Å². The van der Waals surface area contributed by atoms with E-state index < -0.39 is 15.7 Å². The highest BCUT2D eigenvalue weighted by Gasteiger charge is 2.19. The Morgan fingerprint density at radius 3 is 2.50 bits per heavy atom. The average Bonchev–Trinajstić information content (AvgIpc) is 3.26. The van der Waals surface area contributed by atoms with E-state index in [4.69, 9.17) is 16.0 Å². The highest BCUT2D eigenvalue weighted by Crippen LogP contribution is 2.35. The molecule has 2 aromatic carbocycles. The van der Waals surface area contributed by atoms with Crippen molar-refractivity contribution >= 4 is 54.8 Å². The molecule has 0 atom stereocenters.